The number of anilines is 2. The van der Waals surface area contributed by atoms with Crippen LogP contribution in [0.2, 0.25) is 0 Å². The second-order valence-corrected chi connectivity index (χ2v) is 6.22. The summed E-state index contributed by atoms with van der Waals surface area (Å²) < 4.78 is 37.9. The zero-order valence-corrected chi connectivity index (χ0v) is 11.9. The van der Waals surface area contributed by atoms with Crippen molar-refractivity contribution in [1.82, 2.24) is 0 Å². The van der Waals surface area contributed by atoms with Gasteiger partial charge in [0.05, 0.1) is 10.6 Å². The molecule has 0 bridgehead atoms. The highest BCUT2D eigenvalue weighted by Gasteiger charge is 2.19. The number of fused-ring (bicyclic) bond motifs is 1. The van der Waals surface area contributed by atoms with E-state index in [4.69, 9.17) is 15.2 Å². The normalized spacial score (nSPS) is 13.7. The van der Waals surface area contributed by atoms with Gasteiger partial charge in [-0.1, -0.05) is 6.07 Å². The van der Waals surface area contributed by atoms with Gasteiger partial charge >= 0.3 is 0 Å². The maximum atomic E-state index is 12.4. The molecule has 3 N–H and O–H groups in total. The number of sulfonamides is 1. The molecule has 0 fully saturated rings. The Bertz CT molecular complexity index is 774. The zero-order valence-electron chi connectivity index (χ0n) is 11.1. The van der Waals surface area contributed by atoms with Gasteiger partial charge in [0.1, 0.15) is 13.2 Å². The summed E-state index contributed by atoms with van der Waals surface area (Å²) in [5, 5.41) is 0. The molecule has 1 aliphatic rings. The Morgan fingerprint density at radius 3 is 2.52 bits per heavy atom. The summed E-state index contributed by atoms with van der Waals surface area (Å²) in [5.74, 6) is 0.973. The first-order valence-electron chi connectivity index (χ1n) is 6.33. The monoisotopic (exact) mass is 306 g/mol. The second-order valence-electron chi connectivity index (χ2n) is 4.54. The molecule has 21 heavy (non-hydrogen) atoms. The quantitative estimate of drug-likeness (QED) is 0.844. The van der Waals surface area contributed by atoms with Crippen LogP contribution in [-0.4, -0.2) is 21.6 Å². The fourth-order valence-electron chi connectivity index (χ4n) is 2.01. The van der Waals surface area contributed by atoms with E-state index in [1.165, 1.54) is 12.1 Å². The average molecular weight is 306 g/mol. The minimum absolute atomic E-state index is 0.106. The first-order valence-corrected chi connectivity index (χ1v) is 7.81. The van der Waals surface area contributed by atoms with Gasteiger partial charge in [-0.3, -0.25) is 4.72 Å². The van der Waals surface area contributed by atoms with E-state index in [2.05, 4.69) is 4.72 Å². The molecule has 0 saturated heterocycles. The highest BCUT2D eigenvalue weighted by Crippen LogP contribution is 2.32. The number of nitrogens with one attached hydrogen (secondary N) is 1. The number of nitrogen functional groups attached to an aromatic ring is 1. The molecule has 0 amide bonds. The van der Waals surface area contributed by atoms with Crippen LogP contribution in [0.15, 0.2) is 47.4 Å². The lowest BCUT2D eigenvalue weighted by atomic mass is 10.3. The molecule has 6 nitrogen and oxygen atoms in total. The topological polar surface area (TPSA) is 90.7 Å². The average Bonchev–Trinajstić information content (AvgIpc) is 2.46. The van der Waals surface area contributed by atoms with Crippen molar-refractivity contribution in [3.05, 3.63) is 42.5 Å². The third-order valence-electron chi connectivity index (χ3n) is 2.96. The number of ether oxygens (including phenoxy) is 2. The van der Waals surface area contributed by atoms with Crippen molar-refractivity contribution >= 4 is 21.4 Å². The molecular formula is C14H14N2O4S. The Morgan fingerprint density at radius 1 is 1.00 bits per heavy atom. The molecule has 3 rings (SSSR count). The Kier molecular flexibility index (Phi) is 3.34. The second kappa shape index (κ2) is 5.17. The maximum Gasteiger partial charge on any atom is 0.262 e. The first-order chi connectivity index (χ1) is 10.0. The van der Waals surface area contributed by atoms with Crippen LogP contribution in [0.1, 0.15) is 0 Å². The van der Waals surface area contributed by atoms with E-state index in [9.17, 15) is 8.42 Å². The van der Waals surface area contributed by atoms with E-state index in [-0.39, 0.29) is 4.90 Å². The van der Waals surface area contributed by atoms with Crippen molar-refractivity contribution in [2.45, 2.75) is 4.90 Å². The number of hydrogen-bond donors (Lipinski definition) is 2. The van der Waals surface area contributed by atoms with Crippen LogP contribution in [-0.2, 0) is 10.0 Å². The first kappa shape index (κ1) is 13.6. The largest absolute Gasteiger partial charge is 0.486 e. The summed E-state index contributed by atoms with van der Waals surface area (Å²) in [4.78, 5) is 0.106. The number of hydrogen-bond acceptors (Lipinski definition) is 5. The minimum Gasteiger partial charge on any atom is -0.486 e. The van der Waals surface area contributed by atoms with E-state index >= 15 is 0 Å². The van der Waals surface area contributed by atoms with E-state index in [1.54, 1.807) is 30.3 Å². The third-order valence-corrected chi connectivity index (χ3v) is 4.34. The smallest absolute Gasteiger partial charge is 0.262 e. The van der Waals surface area contributed by atoms with Gasteiger partial charge in [-0.2, -0.15) is 0 Å². The summed E-state index contributed by atoms with van der Waals surface area (Å²) in [6.07, 6.45) is 0. The van der Waals surface area contributed by atoms with Gasteiger partial charge < -0.3 is 15.2 Å². The lowest BCUT2D eigenvalue weighted by Gasteiger charge is -2.19. The van der Waals surface area contributed by atoms with E-state index in [0.29, 0.717) is 36.1 Å². The third kappa shape index (κ3) is 2.87. The predicted octanol–water partition coefficient (Wildman–Crippen LogP) is 1.84. The highest BCUT2D eigenvalue weighted by atomic mass is 32.2. The minimum atomic E-state index is -3.70. The number of nitrogens with two attached hydrogens (primary N) is 1. The van der Waals surface area contributed by atoms with Gasteiger partial charge in [-0.05, 0) is 30.3 Å². The van der Waals surface area contributed by atoms with Gasteiger partial charge in [0, 0.05) is 11.8 Å². The molecule has 110 valence electrons. The van der Waals surface area contributed by atoms with Gasteiger partial charge in [0.2, 0.25) is 0 Å². The van der Waals surface area contributed by atoms with Crippen LogP contribution in [0, 0.1) is 0 Å². The lowest BCUT2D eigenvalue weighted by Crippen LogP contribution is -2.17. The summed E-state index contributed by atoms with van der Waals surface area (Å²) >= 11 is 0. The molecule has 0 unspecified atom stereocenters. The molecule has 0 saturated carbocycles. The van der Waals surface area contributed by atoms with Crippen LogP contribution in [0.3, 0.4) is 0 Å². The van der Waals surface area contributed by atoms with Crippen molar-refractivity contribution in [3.8, 4) is 11.5 Å². The Morgan fingerprint density at radius 2 is 1.76 bits per heavy atom. The van der Waals surface area contributed by atoms with Crippen LogP contribution >= 0.6 is 0 Å². The van der Waals surface area contributed by atoms with Gasteiger partial charge in [0.25, 0.3) is 10.0 Å². The summed E-state index contributed by atoms with van der Waals surface area (Å²) in [6.45, 7) is 0.861. The predicted molar refractivity (Wildman–Crippen MR) is 79.1 cm³/mol. The molecular weight excluding hydrogens is 292 g/mol. The van der Waals surface area contributed by atoms with E-state index in [1.807, 2.05) is 0 Å². The van der Waals surface area contributed by atoms with Crippen molar-refractivity contribution < 1.29 is 17.9 Å². The van der Waals surface area contributed by atoms with Crippen LogP contribution in [0.25, 0.3) is 0 Å². The molecule has 0 aliphatic carbocycles. The van der Waals surface area contributed by atoms with Gasteiger partial charge in [-0.15, -0.1) is 0 Å². The summed E-state index contributed by atoms with van der Waals surface area (Å²) in [6, 6.07) is 11.0. The molecule has 0 spiro atoms. The lowest BCUT2D eigenvalue weighted by molar-refractivity contribution is 0.171. The van der Waals surface area contributed by atoms with Crippen molar-refractivity contribution in [2.24, 2.45) is 0 Å². The molecule has 2 aromatic carbocycles. The molecule has 2 aromatic rings. The SMILES string of the molecule is Nc1cccc(NS(=O)(=O)c2ccc3c(c2)OCCO3)c1. The molecule has 0 atom stereocenters. The van der Waals surface area contributed by atoms with Crippen molar-refractivity contribution in [1.29, 1.82) is 0 Å². The maximum absolute atomic E-state index is 12.4. The number of benzene rings is 2. The summed E-state index contributed by atoms with van der Waals surface area (Å²) in [5.41, 5.74) is 6.53. The standard InChI is InChI=1S/C14H14N2O4S/c15-10-2-1-3-11(8-10)16-21(17,18)12-4-5-13-14(9-12)20-7-6-19-13/h1-5,8-9,16H,6-7,15H2. The Hall–Kier alpha value is -2.41. The highest BCUT2D eigenvalue weighted by molar-refractivity contribution is 7.92. The molecule has 0 aromatic heterocycles. The van der Waals surface area contributed by atoms with Gasteiger partial charge in [0.15, 0.2) is 11.5 Å². The fourth-order valence-corrected chi connectivity index (χ4v) is 3.07. The Labute approximate surface area is 122 Å². The van der Waals surface area contributed by atoms with Crippen LogP contribution in [0.4, 0.5) is 11.4 Å². The van der Waals surface area contributed by atoms with E-state index in [0.717, 1.165) is 0 Å². The van der Waals surface area contributed by atoms with E-state index < -0.39 is 10.0 Å². The Balaban J connectivity index is 1.91. The van der Waals surface area contributed by atoms with Crippen molar-refractivity contribution in [2.75, 3.05) is 23.7 Å². The zero-order chi connectivity index (χ0) is 14.9. The van der Waals surface area contributed by atoms with Gasteiger partial charge in [-0.25, -0.2) is 8.42 Å². The summed E-state index contributed by atoms with van der Waals surface area (Å²) in [7, 11) is -3.70. The van der Waals surface area contributed by atoms with Crippen LogP contribution < -0.4 is 19.9 Å². The molecule has 7 heteroatoms. The van der Waals surface area contributed by atoms with Crippen LogP contribution in [0.5, 0.6) is 11.5 Å². The fraction of sp³-hybridized carbons (Fsp3) is 0.143. The van der Waals surface area contributed by atoms with Crippen molar-refractivity contribution in [3.63, 3.8) is 0 Å². The molecule has 1 aliphatic heterocycles. The number of rotatable bonds is 3. The molecule has 1 heterocycles. The molecule has 0 radical (unpaired) electrons.